The quantitative estimate of drug-likeness (QED) is 0.807. The van der Waals surface area contributed by atoms with Crippen molar-refractivity contribution in [2.75, 3.05) is 6.54 Å². The summed E-state index contributed by atoms with van der Waals surface area (Å²) in [4.78, 5) is 11.9. The molecule has 1 aromatic heterocycles. The summed E-state index contributed by atoms with van der Waals surface area (Å²) in [6.07, 6.45) is 2.92. The lowest BCUT2D eigenvalue weighted by molar-refractivity contribution is -0.135. The number of amides is 1. The molecule has 0 aromatic carbocycles. The molecule has 1 fully saturated rings. The lowest BCUT2D eigenvalue weighted by Crippen LogP contribution is -2.50. The van der Waals surface area contributed by atoms with Crippen molar-refractivity contribution in [1.29, 1.82) is 0 Å². The van der Waals surface area contributed by atoms with Gasteiger partial charge in [-0.25, -0.2) is 0 Å². The van der Waals surface area contributed by atoms with E-state index in [1.54, 1.807) is 0 Å². The first kappa shape index (κ1) is 11.2. The molecule has 16 heavy (non-hydrogen) atoms. The molecule has 0 aliphatic heterocycles. The van der Waals surface area contributed by atoms with E-state index < -0.39 is 0 Å². The first-order valence-electron chi connectivity index (χ1n) is 5.70. The fraction of sp³-hybridized carbons (Fsp3) is 0.583. The minimum atomic E-state index is -0.304. The van der Waals surface area contributed by atoms with E-state index in [0.29, 0.717) is 13.1 Å². The molecule has 0 unspecified atom stereocenters. The Bertz CT molecular complexity index is 375. The van der Waals surface area contributed by atoms with Crippen LogP contribution in [0.4, 0.5) is 0 Å². The Morgan fingerprint density at radius 1 is 1.56 bits per heavy atom. The standard InChI is InChI=1S/C12H18N2O2/c1-9-3-4-10(16-9)7-14-11(15)12(8-13)5-2-6-12/h3-4H,2,5-8,13H2,1H3,(H,14,15). The molecule has 0 atom stereocenters. The van der Waals surface area contributed by atoms with Crippen molar-refractivity contribution in [3.8, 4) is 0 Å². The smallest absolute Gasteiger partial charge is 0.227 e. The maximum absolute atomic E-state index is 11.9. The summed E-state index contributed by atoms with van der Waals surface area (Å²) in [6.45, 7) is 2.78. The van der Waals surface area contributed by atoms with Crippen LogP contribution < -0.4 is 11.1 Å². The first-order valence-corrected chi connectivity index (χ1v) is 5.70. The second kappa shape index (κ2) is 4.29. The minimum absolute atomic E-state index is 0.0651. The lowest BCUT2D eigenvalue weighted by Gasteiger charge is -2.38. The van der Waals surface area contributed by atoms with Gasteiger partial charge in [0.05, 0.1) is 12.0 Å². The summed E-state index contributed by atoms with van der Waals surface area (Å²) in [5.74, 6) is 1.72. The fourth-order valence-corrected chi connectivity index (χ4v) is 2.06. The van der Waals surface area contributed by atoms with Crippen molar-refractivity contribution in [2.24, 2.45) is 11.1 Å². The van der Waals surface area contributed by atoms with Crippen molar-refractivity contribution in [1.82, 2.24) is 5.32 Å². The van der Waals surface area contributed by atoms with Gasteiger partial charge >= 0.3 is 0 Å². The van der Waals surface area contributed by atoms with E-state index in [0.717, 1.165) is 30.8 Å². The van der Waals surface area contributed by atoms with Crippen LogP contribution in [0.2, 0.25) is 0 Å². The van der Waals surface area contributed by atoms with Gasteiger partial charge in [-0.1, -0.05) is 6.42 Å². The van der Waals surface area contributed by atoms with E-state index in [1.165, 1.54) is 0 Å². The van der Waals surface area contributed by atoms with Crippen LogP contribution in [0.1, 0.15) is 30.8 Å². The number of furan rings is 1. The van der Waals surface area contributed by atoms with E-state index in [9.17, 15) is 4.79 Å². The van der Waals surface area contributed by atoms with Gasteiger partial charge < -0.3 is 15.5 Å². The van der Waals surface area contributed by atoms with Crippen LogP contribution >= 0.6 is 0 Å². The van der Waals surface area contributed by atoms with Crippen molar-refractivity contribution < 1.29 is 9.21 Å². The number of carbonyl (C=O) groups excluding carboxylic acids is 1. The van der Waals surface area contributed by atoms with E-state index in [4.69, 9.17) is 10.2 Å². The Hall–Kier alpha value is -1.29. The Balaban J connectivity index is 1.88. The molecule has 2 rings (SSSR count). The summed E-state index contributed by atoms with van der Waals surface area (Å²) >= 11 is 0. The third-order valence-corrected chi connectivity index (χ3v) is 3.40. The summed E-state index contributed by atoms with van der Waals surface area (Å²) in [5.41, 5.74) is 5.35. The molecular weight excluding hydrogens is 204 g/mol. The van der Waals surface area contributed by atoms with Crippen molar-refractivity contribution in [2.45, 2.75) is 32.7 Å². The molecule has 1 saturated carbocycles. The third kappa shape index (κ3) is 1.97. The van der Waals surface area contributed by atoms with Gasteiger partial charge in [-0.3, -0.25) is 4.79 Å². The number of hydrogen-bond acceptors (Lipinski definition) is 3. The van der Waals surface area contributed by atoms with Gasteiger partial charge in [0.25, 0.3) is 0 Å². The number of nitrogens with two attached hydrogens (primary N) is 1. The number of carbonyl (C=O) groups is 1. The maximum atomic E-state index is 11.9. The molecule has 1 aliphatic carbocycles. The van der Waals surface area contributed by atoms with E-state index in [2.05, 4.69) is 5.32 Å². The third-order valence-electron chi connectivity index (χ3n) is 3.40. The Kier molecular flexibility index (Phi) is 3.01. The van der Waals surface area contributed by atoms with Crippen LogP contribution in [-0.4, -0.2) is 12.5 Å². The average Bonchev–Trinajstić information content (AvgIpc) is 2.60. The summed E-state index contributed by atoms with van der Waals surface area (Å²) < 4.78 is 5.39. The molecule has 1 heterocycles. The zero-order valence-electron chi connectivity index (χ0n) is 9.58. The summed E-state index contributed by atoms with van der Waals surface area (Å²) in [6, 6.07) is 3.77. The highest BCUT2D eigenvalue weighted by atomic mass is 16.3. The Labute approximate surface area is 95.2 Å². The molecule has 88 valence electrons. The molecule has 0 spiro atoms. The normalized spacial score (nSPS) is 17.9. The molecule has 1 amide bonds. The maximum Gasteiger partial charge on any atom is 0.227 e. The highest BCUT2D eigenvalue weighted by molar-refractivity contribution is 5.83. The van der Waals surface area contributed by atoms with Gasteiger partial charge in [-0.15, -0.1) is 0 Å². The van der Waals surface area contributed by atoms with Gasteiger partial charge in [0.2, 0.25) is 5.91 Å². The highest BCUT2D eigenvalue weighted by Crippen LogP contribution is 2.40. The van der Waals surface area contributed by atoms with Gasteiger partial charge in [0, 0.05) is 6.54 Å². The van der Waals surface area contributed by atoms with Crippen molar-refractivity contribution >= 4 is 5.91 Å². The van der Waals surface area contributed by atoms with Crippen LogP contribution in [0.15, 0.2) is 16.5 Å². The molecule has 0 saturated heterocycles. The van der Waals surface area contributed by atoms with E-state index in [1.807, 2.05) is 19.1 Å². The topological polar surface area (TPSA) is 68.3 Å². The average molecular weight is 222 g/mol. The SMILES string of the molecule is Cc1ccc(CNC(=O)C2(CN)CCC2)o1. The molecule has 4 heteroatoms. The van der Waals surface area contributed by atoms with Crippen LogP contribution in [-0.2, 0) is 11.3 Å². The molecule has 3 N–H and O–H groups in total. The number of hydrogen-bond donors (Lipinski definition) is 2. The zero-order chi connectivity index (χ0) is 11.6. The van der Waals surface area contributed by atoms with E-state index >= 15 is 0 Å². The molecule has 4 nitrogen and oxygen atoms in total. The van der Waals surface area contributed by atoms with E-state index in [-0.39, 0.29) is 11.3 Å². The molecular formula is C12H18N2O2. The van der Waals surface area contributed by atoms with Crippen molar-refractivity contribution in [3.63, 3.8) is 0 Å². The predicted molar refractivity (Wildman–Crippen MR) is 60.6 cm³/mol. The zero-order valence-corrected chi connectivity index (χ0v) is 9.58. The number of nitrogens with one attached hydrogen (secondary N) is 1. The summed E-state index contributed by atoms with van der Waals surface area (Å²) in [7, 11) is 0. The number of rotatable bonds is 4. The Morgan fingerprint density at radius 3 is 2.75 bits per heavy atom. The lowest BCUT2D eigenvalue weighted by atomic mass is 9.68. The predicted octanol–water partition coefficient (Wildman–Crippen LogP) is 1.33. The van der Waals surface area contributed by atoms with Crippen LogP contribution in [0, 0.1) is 12.3 Å². The molecule has 1 aliphatic rings. The molecule has 0 radical (unpaired) electrons. The minimum Gasteiger partial charge on any atom is -0.465 e. The largest absolute Gasteiger partial charge is 0.465 e. The van der Waals surface area contributed by atoms with Gasteiger partial charge in [0.15, 0.2) is 0 Å². The monoisotopic (exact) mass is 222 g/mol. The summed E-state index contributed by atoms with van der Waals surface area (Å²) in [5, 5.41) is 2.89. The van der Waals surface area contributed by atoms with Gasteiger partial charge in [0.1, 0.15) is 11.5 Å². The molecule has 0 bridgehead atoms. The Morgan fingerprint density at radius 2 is 2.31 bits per heavy atom. The second-order valence-corrected chi connectivity index (χ2v) is 4.53. The fourth-order valence-electron chi connectivity index (χ4n) is 2.06. The van der Waals surface area contributed by atoms with Gasteiger partial charge in [-0.2, -0.15) is 0 Å². The number of aryl methyl sites for hydroxylation is 1. The van der Waals surface area contributed by atoms with Crippen LogP contribution in [0.25, 0.3) is 0 Å². The highest BCUT2D eigenvalue weighted by Gasteiger charge is 2.42. The second-order valence-electron chi connectivity index (χ2n) is 4.53. The van der Waals surface area contributed by atoms with Gasteiger partial charge in [-0.05, 0) is 31.9 Å². The molecule has 1 aromatic rings. The van der Waals surface area contributed by atoms with Crippen LogP contribution in [0.5, 0.6) is 0 Å². The first-order chi connectivity index (χ1) is 7.66. The van der Waals surface area contributed by atoms with Crippen LogP contribution in [0.3, 0.4) is 0 Å². The van der Waals surface area contributed by atoms with Crippen molar-refractivity contribution in [3.05, 3.63) is 23.7 Å².